The van der Waals surface area contributed by atoms with E-state index in [1.54, 1.807) is 6.07 Å². The SMILES string of the molecule is O=C(O)c1cnc(OCC2CCCCO2)c2ccccc12. The lowest BCUT2D eigenvalue weighted by atomic mass is 10.1. The van der Waals surface area contributed by atoms with Gasteiger partial charge in [0, 0.05) is 23.6 Å². The van der Waals surface area contributed by atoms with Crippen LogP contribution in [0.5, 0.6) is 5.88 Å². The van der Waals surface area contributed by atoms with Crippen LogP contribution in [0, 0.1) is 0 Å². The zero-order chi connectivity index (χ0) is 14.7. The number of nitrogens with zero attached hydrogens (tertiary/aromatic N) is 1. The molecule has 21 heavy (non-hydrogen) atoms. The molecule has 1 fully saturated rings. The molecule has 110 valence electrons. The van der Waals surface area contributed by atoms with Crippen LogP contribution in [0.1, 0.15) is 29.6 Å². The number of rotatable bonds is 4. The van der Waals surface area contributed by atoms with Gasteiger partial charge in [-0.2, -0.15) is 0 Å². The third kappa shape index (κ3) is 2.97. The van der Waals surface area contributed by atoms with E-state index in [2.05, 4.69) is 4.98 Å². The van der Waals surface area contributed by atoms with Gasteiger partial charge < -0.3 is 14.6 Å². The molecule has 5 heteroatoms. The van der Waals surface area contributed by atoms with Crippen LogP contribution >= 0.6 is 0 Å². The Labute approximate surface area is 122 Å². The van der Waals surface area contributed by atoms with Crippen LogP contribution in [-0.2, 0) is 4.74 Å². The number of aromatic nitrogens is 1. The lowest BCUT2D eigenvalue weighted by Gasteiger charge is -2.22. The van der Waals surface area contributed by atoms with Crippen LogP contribution in [0.3, 0.4) is 0 Å². The van der Waals surface area contributed by atoms with Crippen molar-refractivity contribution in [1.82, 2.24) is 4.98 Å². The monoisotopic (exact) mass is 287 g/mol. The van der Waals surface area contributed by atoms with Crippen LogP contribution in [0.15, 0.2) is 30.5 Å². The first-order valence-corrected chi connectivity index (χ1v) is 7.11. The van der Waals surface area contributed by atoms with Crippen LogP contribution in [-0.4, -0.2) is 35.4 Å². The Morgan fingerprint density at radius 1 is 1.33 bits per heavy atom. The van der Waals surface area contributed by atoms with Gasteiger partial charge in [-0.1, -0.05) is 18.2 Å². The lowest BCUT2D eigenvalue weighted by Crippen LogP contribution is -2.26. The number of aromatic carboxylic acids is 1. The molecule has 1 unspecified atom stereocenters. The molecule has 0 radical (unpaired) electrons. The van der Waals surface area contributed by atoms with Crippen molar-refractivity contribution in [3.63, 3.8) is 0 Å². The molecule has 1 saturated heterocycles. The summed E-state index contributed by atoms with van der Waals surface area (Å²) < 4.78 is 11.4. The highest BCUT2D eigenvalue weighted by molar-refractivity contribution is 6.04. The highest BCUT2D eigenvalue weighted by Crippen LogP contribution is 2.26. The second-order valence-electron chi connectivity index (χ2n) is 5.13. The topological polar surface area (TPSA) is 68.7 Å². The molecule has 0 saturated carbocycles. The molecule has 0 spiro atoms. The summed E-state index contributed by atoms with van der Waals surface area (Å²) in [6.45, 7) is 1.23. The fourth-order valence-electron chi connectivity index (χ4n) is 2.56. The molecule has 2 heterocycles. The number of hydrogen-bond donors (Lipinski definition) is 1. The number of carboxylic acids is 1. The summed E-state index contributed by atoms with van der Waals surface area (Å²) in [5.41, 5.74) is 0.187. The van der Waals surface area contributed by atoms with Gasteiger partial charge in [-0.25, -0.2) is 9.78 Å². The minimum absolute atomic E-state index is 0.0958. The molecular formula is C16H17NO4. The Morgan fingerprint density at radius 2 is 2.14 bits per heavy atom. The van der Waals surface area contributed by atoms with Crippen LogP contribution < -0.4 is 4.74 Å². The Balaban J connectivity index is 1.85. The molecule has 0 amide bonds. The summed E-state index contributed by atoms with van der Waals surface area (Å²) in [6.07, 6.45) is 4.69. The highest BCUT2D eigenvalue weighted by atomic mass is 16.5. The van der Waals surface area contributed by atoms with Crippen LogP contribution in [0.25, 0.3) is 10.8 Å². The van der Waals surface area contributed by atoms with E-state index in [0.29, 0.717) is 23.3 Å². The van der Waals surface area contributed by atoms with Gasteiger partial charge in [0.15, 0.2) is 0 Å². The second-order valence-corrected chi connectivity index (χ2v) is 5.13. The van der Waals surface area contributed by atoms with E-state index in [1.165, 1.54) is 6.20 Å². The van der Waals surface area contributed by atoms with E-state index in [-0.39, 0.29) is 11.7 Å². The van der Waals surface area contributed by atoms with Gasteiger partial charge in [0.1, 0.15) is 6.61 Å². The maximum Gasteiger partial charge on any atom is 0.337 e. The molecule has 1 aromatic heterocycles. The molecule has 0 aliphatic carbocycles. The van der Waals surface area contributed by atoms with Gasteiger partial charge in [-0.05, 0) is 25.3 Å². The van der Waals surface area contributed by atoms with Crippen molar-refractivity contribution in [2.45, 2.75) is 25.4 Å². The maximum absolute atomic E-state index is 11.2. The minimum Gasteiger partial charge on any atom is -0.478 e. The highest BCUT2D eigenvalue weighted by Gasteiger charge is 2.17. The van der Waals surface area contributed by atoms with E-state index in [0.717, 1.165) is 25.9 Å². The third-order valence-electron chi connectivity index (χ3n) is 3.67. The Morgan fingerprint density at radius 3 is 2.86 bits per heavy atom. The average Bonchev–Trinajstić information content (AvgIpc) is 2.53. The van der Waals surface area contributed by atoms with Gasteiger partial charge in [0.05, 0.1) is 11.7 Å². The molecular weight excluding hydrogens is 270 g/mol. The van der Waals surface area contributed by atoms with E-state index in [9.17, 15) is 9.90 Å². The van der Waals surface area contributed by atoms with Crippen molar-refractivity contribution >= 4 is 16.7 Å². The fraction of sp³-hybridized carbons (Fsp3) is 0.375. The second kappa shape index (κ2) is 6.10. The number of hydrogen-bond acceptors (Lipinski definition) is 4. The molecule has 1 N–H and O–H groups in total. The maximum atomic E-state index is 11.2. The lowest BCUT2D eigenvalue weighted by molar-refractivity contribution is -0.0116. The van der Waals surface area contributed by atoms with Gasteiger partial charge in [0.2, 0.25) is 5.88 Å². The standard InChI is InChI=1S/C16H17NO4/c18-16(19)14-9-17-15(13-7-2-1-6-12(13)14)21-10-11-5-3-4-8-20-11/h1-2,6-7,9,11H,3-5,8,10H2,(H,18,19). The third-order valence-corrected chi connectivity index (χ3v) is 3.67. The number of ether oxygens (including phenoxy) is 2. The molecule has 1 aliphatic rings. The molecule has 0 bridgehead atoms. The number of carboxylic acid groups (broad SMARTS) is 1. The van der Waals surface area contributed by atoms with Gasteiger partial charge in [-0.15, -0.1) is 0 Å². The van der Waals surface area contributed by atoms with Crippen molar-refractivity contribution in [2.75, 3.05) is 13.2 Å². The van der Waals surface area contributed by atoms with Crippen LogP contribution in [0.2, 0.25) is 0 Å². The van der Waals surface area contributed by atoms with Gasteiger partial charge in [-0.3, -0.25) is 0 Å². The number of carbonyl (C=O) groups is 1. The average molecular weight is 287 g/mol. The molecule has 5 nitrogen and oxygen atoms in total. The summed E-state index contributed by atoms with van der Waals surface area (Å²) >= 11 is 0. The zero-order valence-electron chi connectivity index (χ0n) is 11.6. The summed E-state index contributed by atoms with van der Waals surface area (Å²) in [7, 11) is 0. The number of benzene rings is 1. The molecule has 1 aliphatic heterocycles. The van der Waals surface area contributed by atoms with Crippen molar-refractivity contribution < 1.29 is 19.4 Å². The number of fused-ring (bicyclic) bond motifs is 1. The minimum atomic E-state index is -0.985. The Bertz CT molecular complexity index is 650. The van der Waals surface area contributed by atoms with Crippen molar-refractivity contribution in [3.8, 4) is 5.88 Å². The van der Waals surface area contributed by atoms with E-state index >= 15 is 0 Å². The van der Waals surface area contributed by atoms with Crippen molar-refractivity contribution in [1.29, 1.82) is 0 Å². The molecule has 3 rings (SSSR count). The van der Waals surface area contributed by atoms with Crippen molar-refractivity contribution in [3.05, 3.63) is 36.0 Å². The van der Waals surface area contributed by atoms with Crippen LogP contribution in [0.4, 0.5) is 0 Å². The first kappa shape index (κ1) is 13.8. The molecule has 2 aromatic rings. The van der Waals surface area contributed by atoms with Gasteiger partial charge >= 0.3 is 5.97 Å². The van der Waals surface area contributed by atoms with Crippen molar-refractivity contribution in [2.24, 2.45) is 0 Å². The summed E-state index contributed by atoms with van der Waals surface area (Å²) in [5.74, 6) is -0.523. The fourth-order valence-corrected chi connectivity index (χ4v) is 2.56. The Hall–Kier alpha value is -2.14. The predicted octanol–water partition coefficient (Wildman–Crippen LogP) is 2.88. The van der Waals surface area contributed by atoms with E-state index in [1.807, 2.05) is 18.2 Å². The Kier molecular flexibility index (Phi) is 4.01. The number of pyridine rings is 1. The summed E-state index contributed by atoms with van der Waals surface area (Å²) in [6, 6.07) is 7.25. The quantitative estimate of drug-likeness (QED) is 0.936. The normalized spacial score (nSPS) is 18.6. The zero-order valence-corrected chi connectivity index (χ0v) is 11.6. The molecule has 1 atom stereocenters. The summed E-state index contributed by atoms with van der Waals surface area (Å²) in [4.78, 5) is 15.4. The first-order valence-electron chi connectivity index (χ1n) is 7.11. The predicted molar refractivity (Wildman–Crippen MR) is 77.8 cm³/mol. The van der Waals surface area contributed by atoms with E-state index < -0.39 is 5.97 Å². The molecule has 1 aromatic carbocycles. The summed E-state index contributed by atoms with van der Waals surface area (Å²) in [5, 5.41) is 10.6. The smallest absolute Gasteiger partial charge is 0.337 e. The van der Waals surface area contributed by atoms with E-state index in [4.69, 9.17) is 9.47 Å². The van der Waals surface area contributed by atoms with Gasteiger partial charge in [0.25, 0.3) is 0 Å². The first-order chi connectivity index (χ1) is 10.3. The largest absolute Gasteiger partial charge is 0.478 e.